The lowest BCUT2D eigenvalue weighted by Crippen LogP contribution is -2.38. The van der Waals surface area contributed by atoms with Crippen molar-refractivity contribution in [3.8, 4) is 16.9 Å². The van der Waals surface area contributed by atoms with Gasteiger partial charge >= 0.3 is 5.97 Å². The Balaban J connectivity index is 1.41. The maximum absolute atomic E-state index is 13.7. The van der Waals surface area contributed by atoms with Crippen LogP contribution in [0.25, 0.3) is 11.1 Å². The fourth-order valence-electron chi connectivity index (χ4n) is 6.15. The molecule has 0 atom stereocenters. The van der Waals surface area contributed by atoms with Crippen molar-refractivity contribution >= 4 is 5.97 Å². The zero-order valence-corrected chi connectivity index (χ0v) is 23.9. The fourth-order valence-corrected chi connectivity index (χ4v) is 6.15. The van der Waals surface area contributed by atoms with E-state index in [9.17, 15) is 19.1 Å². The second-order valence-electron chi connectivity index (χ2n) is 11.5. The topological polar surface area (TPSA) is 71.8 Å². The quantitative estimate of drug-likeness (QED) is 0.322. The maximum atomic E-state index is 13.7. The molecular formula is C33H39FN2O4. The number of carbonyl (C=O) groups is 1. The predicted molar refractivity (Wildman–Crippen MR) is 155 cm³/mol. The second kappa shape index (κ2) is 11.6. The van der Waals surface area contributed by atoms with Crippen molar-refractivity contribution in [2.75, 3.05) is 13.1 Å². The largest absolute Gasteiger partial charge is 0.490 e. The standard InChI is InChI=1S/C33H39FN2O4/c1-5-27-28(33(38)39)14-17-36(32(27)37)26-12-15-35(16-13-26)19-24-18-29(22-6-7-22)30(21(4)31(24)40-20(2)3)23-8-10-25(34)11-9-23/h8-11,14,17-18,20,22,26H,5-7,12-13,15-16,19H2,1-4H3,(H,38,39). The zero-order chi connectivity index (χ0) is 28.6. The molecule has 1 aliphatic carbocycles. The summed E-state index contributed by atoms with van der Waals surface area (Å²) in [6.07, 6.45) is 6.03. The van der Waals surface area contributed by atoms with E-state index in [4.69, 9.17) is 4.74 Å². The minimum absolute atomic E-state index is 0.0180. The third-order valence-electron chi connectivity index (χ3n) is 8.28. The lowest BCUT2D eigenvalue weighted by molar-refractivity contribution is 0.0695. The minimum Gasteiger partial charge on any atom is -0.490 e. The number of likely N-dealkylation sites (tertiary alicyclic amines) is 1. The number of nitrogens with zero attached hydrogens (tertiary/aromatic N) is 2. The Bertz CT molecular complexity index is 1450. The number of pyridine rings is 1. The van der Waals surface area contributed by atoms with Gasteiger partial charge in [-0.15, -0.1) is 0 Å². The van der Waals surface area contributed by atoms with Gasteiger partial charge in [0.15, 0.2) is 0 Å². The number of piperidine rings is 1. The highest BCUT2D eigenvalue weighted by Crippen LogP contribution is 2.48. The van der Waals surface area contributed by atoms with Gasteiger partial charge in [0.2, 0.25) is 0 Å². The van der Waals surface area contributed by atoms with Gasteiger partial charge in [-0.3, -0.25) is 9.69 Å². The van der Waals surface area contributed by atoms with Crippen LogP contribution in [0.1, 0.15) is 91.0 Å². The predicted octanol–water partition coefficient (Wildman–Crippen LogP) is 6.73. The molecule has 1 saturated carbocycles. The summed E-state index contributed by atoms with van der Waals surface area (Å²) in [6.45, 7) is 10.4. The summed E-state index contributed by atoms with van der Waals surface area (Å²) >= 11 is 0. The Morgan fingerprint density at radius 2 is 1.77 bits per heavy atom. The summed E-state index contributed by atoms with van der Waals surface area (Å²) in [7, 11) is 0. The Labute approximate surface area is 235 Å². The van der Waals surface area contributed by atoms with Crippen molar-refractivity contribution in [2.24, 2.45) is 0 Å². The molecule has 1 N–H and O–H groups in total. The number of benzene rings is 2. The summed E-state index contributed by atoms with van der Waals surface area (Å²) in [4.78, 5) is 27.1. The number of aromatic carboxylic acids is 1. The summed E-state index contributed by atoms with van der Waals surface area (Å²) < 4.78 is 21.9. The van der Waals surface area contributed by atoms with Crippen LogP contribution < -0.4 is 10.3 Å². The lowest BCUT2D eigenvalue weighted by atomic mass is 9.89. The molecule has 6 nitrogen and oxygen atoms in total. The molecule has 0 spiro atoms. The summed E-state index contributed by atoms with van der Waals surface area (Å²) in [6, 6.07) is 10.7. The first-order valence-corrected chi connectivity index (χ1v) is 14.5. The molecule has 0 radical (unpaired) electrons. The minimum atomic E-state index is -1.05. The van der Waals surface area contributed by atoms with Gasteiger partial charge < -0.3 is 14.4 Å². The van der Waals surface area contributed by atoms with E-state index in [1.807, 2.05) is 32.9 Å². The Morgan fingerprint density at radius 3 is 2.35 bits per heavy atom. The van der Waals surface area contributed by atoms with Crippen LogP contribution in [-0.4, -0.2) is 39.7 Å². The van der Waals surface area contributed by atoms with E-state index < -0.39 is 5.97 Å². The zero-order valence-electron chi connectivity index (χ0n) is 23.9. The molecule has 0 bridgehead atoms. The van der Waals surface area contributed by atoms with Crippen LogP contribution in [0, 0.1) is 12.7 Å². The van der Waals surface area contributed by atoms with Gasteiger partial charge in [0.25, 0.3) is 5.56 Å². The third kappa shape index (κ3) is 5.71. The first kappa shape index (κ1) is 28.1. The van der Waals surface area contributed by atoms with Crippen LogP contribution in [0.4, 0.5) is 4.39 Å². The molecule has 0 amide bonds. The normalized spacial score (nSPS) is 16.4. The first-order chi connectivity index (χ1) is 19.2. The van der Waals surface area contributed by atoms with Gasteiger partial charge in [-0.1, -0.05) is 19.1 Å². The number of hydrogen-bond donors (Lipinski definition) is 1. The van der Waals surface area contributed by atoms with E-state index in [-0.39, 0.29) is 29.1 Å². The molecule has 2 heterocycles. The first-order valence-electron chi connectivity index (χ1n) is 14.5. The van der Waals surface area contributed by atoms with Crippen molar-refractivity contribution in [1.82, 2.24) is 9.47 Å². The fraction of sp³-hybridized carbons (Fsp3) is 0.455. The van der Waals surface area contributed by atoms with Gasteiger partial charge in [0.05, 0.1) is 11.7 Å². The highest BCUT2D eigenvalue weighted by molar-refractivity contribution is 5.89. The molecule has 3 aromatic rings. The number of rotatable bonds is 9. The molecule has 5 rings (SSSR count). The Hall–Kier alpha value is -3.45. The van der Waals surface area contributed by atoms with Crippen molar-refractivity contribution in [3.63, 3.8) is 0 Å². The van der Waals surface area contributed by atoms with E-state index in [0.717, 1.165) is 67.8 Å². The van der Waals surface area contributed by atoms with Crippen LogP contribution in [0.2, 0.25) is 0 Å². The highest BCUT2D eigenvalue weighted by atomic mass is 19.1. The van der Waals surface area contributed by atoms with E-state index in [0.29, 0.717) is 17.9 Å². The molecule has 1 saturated heterocycles. The number of carboxylic acids is 1. The Kier molecular flexibility index (Phi) is 8.13. The van der Waals surface area contributed by atoms with E-state index >= 15 is 0 Å². The van der Waals surface area contributed by atoms with Gasteiger partial charge in [-0.05, 0) is 105 Å². The van der Waals surface area contributed by atoms with Crippen molar-refractivity contribution < 1.29 is 19.0 Å². The van der Waals surface area contributed by atoms with Gasteiger partial charge in [0, 0.05) is 43.0 Å². The van der Waals surface area contributed by atoms with Gasteiger partial charge in [0.1, 0.15) is 11.6 Å². The molecule has 7 heteroatoms. The van der Waals surface area contributed by atoms with E-state index in [1.165, 1.54) is 23.3 Å². The van der Waals surface area contributed by atoms with Crippen LogP contribution in [0.5, 0.6) is 5.75 Å². The molecular weight excluding hydrogens is 507 g/mol. The number of ether oxygens (including phenoxy) is 1. The molecule has 1 aromatic heterocycles. The van der Waals surface area contributed by atoms with Crippen LogP contribution in [0.15, 0.2) is 47.4 Å². The molecule has 212 valence electrons. The van der Waals surface area contributed by atoms with Crippen LogP contribution in [-0.2, 0) is 13.0 Å². The average molecular weight is 547 g/mol. The monoisotopic (exact) mass is 546 g/mol. The maximum Gasteiger partial charge on any atom is 0.336 e. The molecule has 0 unspecified atom stereocenters. The highest BCUT2D eigenvalue weighted by Gasteiger charge is 2.31. The summed E-state index contributed by atoms with van der Waals surface area (Å²) in [5.74, 6) is 0.138. The molecule has 2 fully saturated rings. The van der Waals surface area contributed by atoms with E-state index in [1.54, 1.807) is 16.8 Å². The molecule has 40 heavy (non-hydrogen) atoms. The number of hydrogen-bond acceptors (Lipinski definition) is 4. The van der Waals surface area contributed by atoms with Crippen molar-refractivity contribution in [3.05, 3.63) is 86.6 Å². The molecule has 2 aliphatic rings. The summed E-state index contributed by atoms with van der Waals surface area (Å²) in [5, 5.41) is 9.46. The smallest absolute Gasteiger partial charge is 0.336 e. The van der Waals surface area contributed by atoms with Crippen LogP contribution in [0.3, 0.4) is 0 Å². The SMILES string of the molecule is CCc1c(C(=O)O)ccn(C2CCN(Cc3cc(C4CC4)c(-c4ccc(F)cc4)c(C)c3OC(C)C)CC2)c1=O. The van der Waals surface area contributed by atoms with Gasteiger partial charge in [-0.25, -0.2) is 9.18 Å². The van der Waals surface area contributed by atoms with Crippen molar-refractivity contribution in [2.45, 2.75) is 84.4 Å². The summed E-state index contributed by atoms with van der Waals surface area (Å²) in [5.41, 5.74) is 6.07. The number of carboxylic acid groups (broad SMARTS) is 1. The molecule has 2 aromatic carbocycles. The molecule has 1 aliphatic heterocycles. The Morgan fingerprint density at radius 1 is 1.10 bits per heavy atom. The second-order valence-corrected chi connectivity index (χ2v) is 11.5. The average Bonchev–Trinajstić information content (AvgIpc) is 3.77. The third-order valence-corrected chi connectivity index (χ3v) is 8.28. The van der Waals surface area contributed by atoms with E-state index in [2.05, 4.69) is 17.9 Å². The van der Waals surface area contributed by atoms with Gasteiger partial charge in [-0.2, -0.15) is 0 Å². The van der Waals surface area contributed by atoms with Crippen molar-refractivity contribution in [1.29, 1.82) is 0 Å². The van der Waals surface area contributed by atoms with Crippen LogP contribution >= 0.6 is 0 Å². The number of aromatic nitrogens is 1. The number of halogens is 1. The lowest BCUT2D eigenvalue weighted by Gasteiger charge is -2.34.